The van der Waals surface area contributed by atoms with Gasteiger partial charge in [-0.05, 0) is 25.1 Å². The highest BCUT2D eigenvalue weighted by Gasteiger charge is 2.24. The molecule has 1 aliphatic carbocycles. The molecule has 2 N–H and O–H groups in total. The van der Waals surface area contributed by atoms with E-state index >= 15 is 0 Å². The average Bonchev–Trinajstić information content (AvgIpc) is 2.56. The Hall–Kier alpha value is -3.49. The molecule has 0 fully saturated rings. The summed E-state index contributed by atoms with van der Waals surface area (Å²) >= 11 is 0. The van der Waals surface area contributed by atoms with E-state index in [2.05, 4.69) is 5.43 Å². The van der Waals surface area contributed by atoms with Crippen molar-refractivity contribution < 1.29 is 19.5 Å². The number of aromatic nitrogens is 1. The molecule has 24 heavy (non-hydrogen) atoms. The molecule has 0 spiro atoms. The van der Waals surface area contributed by atoms with Crippen molar-refractivity contribution in [1.29, 1.82) is 0 Å². The molecule has 0 bridgehead atoms. The molecule has 1 amide bonds. The Balaban J connectivity index is 2.32. The molecule has 0 saturated heterocycles. The van der Waals surface area contributed by atoms with Crippen LogP contribution in [0.15, 0.2) is 29.1 Å². The molecule has 124 valence electrons. The van der Waals surface area contributed by atoms with Crippen molar-refractivity contribution in [2.75, 3.05) is 12.0 Å². The Bertz CT molecular complexity index is 969. The summed E-state index contributed by atoms with van der Waals surface area (Å²) in [5, 5.41) is 33.1. The minimum absolute atomic E-state index is 0.0903. The maximum atomic E-state index is 12.5. The van der Waals surface area contributed by atoms with Crippen LogP contribution in [-0.4, -0.2) is 33.1 Å². The molecule has 0 unspecified atom stereocenters. The molecule has 2 aromatic rings. The van der Waals surface area contributed by atoms with Crippen molar-refractivity contribution in [3.8, 4) is 5.88 Å². The third kappa shape index (κ3) is 2.22. The highest BCUT2D eigenvalue weighted by Crippen LogP contribution is 2.31. The van der Waals surface area contributed by atoms with Crippen molar-refractivity contribution in [1.82, 2.24) is 4.68 Å². The number of pyridine rings is 1. The second-order valence-electron chi connectivity index (χ2n) is 4.91. The number of hydrogen-bond donors (Lipinski definition) is 2. The van der Waals surface area contributed by atoms with Crippen molar-refractivity contribution in [3.63, 3.8) is 0 Å². The summed E-state index contributed by atoms with van der Waals surface area (Å²) in [7, 11) is 0. The van der Waals surface area contributed by atoms with Crippen LogP contribution in [0.25, 0.3) is 16.8 Å². The number of aromatic hydroxyl groups is 1. The van der Waals surface area contributed by atoms with Crippen LogP contribution in [0, 0.1) is 10.4 Å². The lowest BCUT2D eigenvalue weighted by Gasteiger charge is -2.18. The zero-order valence-corrected chi connectivity index (χ0v) is 12.5. The minimum Gasteiger partial charge on any atom is -0.612 e. The zero-order valence-electron chi connectivity index (χ0n) is 12.5. The summed E-state index contributed by atoms with van der Waals surface area (Å²) < 4.78 is 5.35. The smallest absolute Gasteiger partial charge is 0.426 e. The van der Waals surface area contributed by atoms with Gasteiger partial charge in [0.05, 0.1) is 17.7 Å². The summed E-state index contributed by atoms with van der Waals surface area (Å²) in [4.78, 5) is 23.5. The van der Waals surface area contributed by atoms with Crippen LogP contribution in [-0.2, 0) is 4.74 Å². The second kappa shape index (κ2) is 5.61. The van der Waals surface area contributed by atoms with Gasteiger partial charge >= 0.3 is 6.09 Å². The van der Waals surface area contributed by atoms with Gasteiger partial charge in [-0.25, -0.2) is 10.2 Å². The fraction of sp³-hybridized carbons (Fsp3) is 0.133. The highest BCUT2D eigenvalue weighted by molar-refractivity contribution is 6.20. The number of hydrogen-bond acceptors (Lipinski definition) is 6. The zero-order chi connectivity index (χ0) is 17.4. The number of nitrogens with zero attached hydrogens (tertiary/aromatic N) is 2. The number of carbonyl (C=O) groups is 1. The van der Waals surface area contributed by atoms with Gasteiger partial charge in [0.1, 0.15) is 0 Å². The maximum absolute atomic E-state index is 12.5. The van der Waals surface area contributed by atoms with Crippen molar-refractivity contribution >= 4 is 28.7 Å². The van der Waals surface area contributed by atoms with Crippen molar-refractivity contribution in [3.05, 3.63) is 56.2 Å². The largest absolute Gasteiger partial charge is 0.612 e. The van der Waals surface area contributed by atoms with E-state index in [0.29, 0.717) is 4.68 Å². The molecule has 1 aromatic carbocycles. The fourth-order valence-corrected chi connectivity index (χ4v) is 2.61. The lowest BCUT2D eigenvalue weighted by molar-refractivity contribution is -0.377. The first-order valence-corrected chi connectivity index (χ1v) is 7.00. The standard InChI is InChI=1S/C15H12N3O6/c1-2-24-15(21)16-17-13(19)9-5-3-4-8-11(18(22)23)7-6-10(12(8)9)14(17)20/h3-7H,2H2,1H3,(H2-,16,19,20,21,22,23)/q-1. The number of ether oxygens (including phenoxy) is 1. The maximum Gasteiger partial charge on any atom is 0.426 e. The van der Waals surface area contributed by atoms with Gasteiger partial charge in [-0.2, -0.15) is 9.58 Å². The second-order valence-corrected chi connectivity index (χ2v) is 4.91. The summed E-state index contributed by atoms with van der Waals surface area (Å²) in [5.41, 5.74) is 1.59. The van der Waals surface area contributed by atoms with Gasteiger partial charge in [0.15, 0.2) is 0 Å². The van der Waals surface area contributed by atoms with Gasteiger partial charge in [0, 0.05) is 16.8 Å². The van der Waals surface area contributed by atoms with E-state index < -0.39 is 22.4 Å². The monoisotopic (exact) mass is 330 g/mol. The van der Waals surface area contributed by atoms with Crippen molar-refractivity contribution in [2.45, 2.75) is 6.92 Å². The molecule has 0 aliphatic heterocycles. The third-order valence-corrected chi connectivity index (χ3v) is 3.58. The van der Waals surface area contributed by atoms with Crippen LogP contribution in [0.2, 0.25) is 0 Å². The summed E-state index contributed by atoms with van der Waals surface area (Å²) in [6.07, 6.45) is 1.60. The van der Waals surface area contributed by atoms with E-state index in [1.807, 2.05) is 0 Å². The Morgan fingerprint density at radius 3 is 2.79 bits per heavy atom. The number of amides is 1. The molecule has 1 heterocycles. The van der Waals surface area contributed by atoms with Gasteiger partial charge in [-0.15, -0.1) is 0 Å². The highest BCUT2D eigenvalue weighted by atomic mass is 16.8. The number of nitrogens with one attached hydrogen (secondary N) is 1. The summed E-state index contributed by atoms with van der Waals surface area (Å²) in [6, 6.07) is 4.51. The SMILES string of the molecule is CCOC(=O)Nn1c(O)c2cccc3c2c(c1=O)C=CC3=[N+]([O-])[O-]. The molecule has 0 radical (unpaired) electrons. The van der Waals surface area contributed by atoms with Gasteiger partial charge in [0.2, 0.25) is 11.6 Å². The topological polar surface area (TPSA) is 130 Å². The van der Waals surface area contributed by atoms with Crippen LogP contribution in [0.1, 0.15) is 18.1 Å². The molecule has 9 nitrogen and oxygen atoms in total. The van der Waals surface area contributed by atoms with Crippen molar-refractivity contribution in [2.24, 2.45) is 0 Å². The quantitative estimate of drug-likeness (QED) is 0.629. The van der Waals surface area contributed by atoms with Gasteiger partial charge < -0.3 is 20.3 Å². The first kappa shape index (κ1) is 15.4. The van der Waals surface area contributed by atoms with E-state index in [4.69, 9.17) is 4.74 Å². The van der Waals surface area contributed by atoms with Crippen LogP contribution in [0.5, 0.6) is 5.88 Å². The Kier molecular flexibility index (Phi) is 3.60. The predicted octanol–water partition coefficient (Wildman–Crippen LogP) is 1.23. The van der Waals surface area contributed by atoms with Crippen LogP contribution in [0.3, 0.4) is 0 Å². The van der Waals surface area contributed by atoms with E-state index in [0.717, 1.165) is 0 Å². The fourth-order valence-electron chi connectivity index (χ4n) is 2.61. The first-order valence-electron chi connectivity index (χ1n) is 7.00. The third-order valence-electron chi connectivity index (χ3n) is 3.58. The lowest BCUT2D eigenvalue weighted by atomic mass is 9.93. The van der Waals surface area contributed by atoms with E-state index in [1.165, 1.54) is 30.4 Å². The van der Waals surface area contributed by atoms with Gasteiger partial charge in [-0.1, -0.05) is 6.07 Å². The molecule has 0 atom stereocenters. The number of rotatable bonds is 2. The minimum atomic E-state index is -0.907. The first-order chi connectivity index (χ1) is 11.5. The molecule has 1 aliphatic rings. The molecular weight excluding hydrogens is 318 g/mol. The Morgan fingerprint density at radius 1 is 1.38 bits per heavy atom. The summed E-state index contributed by atoms with van der Waals surface area (Å²) in [6.45, 7) is 1.68. The Labute approximate surface area is 134 Å². The molecule has 9 heteroatoms. The average molecular weight is 330 g/mol. The van der Waals surface area contributed by atoms with Crippen LogP contribution >= 0.6 is 0 Å². The van der Waals surface area contributed by atoms with Crippen LogP contribution in [0.4, 0.5) is 4.79 Å². The molecular formula is C15H12N3O6-. The number of carbonyl (C=O) groups excluding carboxylic acids is 1. The van der Waals surface area contributed by atoms with Crippen LogP contribution < -0.4 is 11.0 Å². The van der Waals surface area contributed by atoms with E-state index in [9.17, 15) is 25.1 Å². The lowest BCUT2D eigenvalue weighted by Crippen LogP contribution is -2.35. The molecule has 1 aromatic heterocycles. The number of allylic oxidation sites excluding steroid dienone is 1. The molecule has 3 rings (SSSR count). The van der Waals surface area contributed by atoms with Gasteiger partial charge in [0.25, 0.3) is 5.56 Å². The van der Waals surface area contributed by atoms with E-state index in [1.54, 1.807) is 6.92 Å². The van der Waals surface area contributed by atoms with Gasteiger partial charge in [-0.3, -0.25) is 4.79 Å². The predicted molar refractivity (Wildman–Crippen MR) is 86.4 cm³/mol. The summed E-state index contributed by atoms with van der Waals surface area (Å²) in [5.74, 6) is -0.536. The molecule has 0 saturated carbocycles. The number of benzene rings is 1. The van der Waals surface area contributed by atoms with E-state index in [-0.39, 0.29) is 34.2 Å². The normalized spacial score (nSPS) is 12.3. The Morgan fingerprint density at radius 2 is 2.12 bits per heavy atom.